The van der Waals surface area contributed by atoms with Crippen molar-refractivity contribution in [2.45, 2.75) is 13.1 Å². The third-order valence-electron chi connectivity index (χ3n) is 1.98. The summed E-state index contributed by atoms with van der Waals surface area (Å²) in [6, 6.07) is 3.49. The highest BCUT2D eigenvalue weighted by atomic mass is 19.4. The highest BCUT2D eigenvalue weighted by molar-refractivity contribution is 5.97. The minimum absolute atomic E-state index is 0.162. The van der Waals surface area contributed by atoms with E-state index in [-0.39, 0.29) is 11.3 Å². The third kappa shape index (κ3) is 3.20. The van der Waals surface area contributed by atoms with Gasteiger partial charge < -0.3 is 10.4 Å². The number of hydrogen-bond donors (Lipinski definition) is 2. The highest BCUT2D eigenvalue weighted by Gasteiger charge is 2.38. The van der Waals surface area contributed by atoms with Crippen LogP contribution in [0.15, 0.2) is 18.2 Å². The van der Waals surface area contributed by atoms with Gasteiger partial charge in [0.15, 0.2) is 0 Å². The zero-order chi connectivity index (χ0) is 13.2. The molecule has 1 rings (SSSR count). The van der Waals surface area contributed by atoms with Gasteiger partial charge in [-0.15, -0.1) is 0 Å². The number of alkyl halides is 3. The first-order chi connectivity index (χ1) is 7.71. The van der Waals surface area contributed by atoms with Crippen LogP contribution in [0.4, 0.5) is 18.9 Å². The Morgan fingerprint density at radius 3 is 2.35 bits per heavy atom. The summed E-state index contributed by atoms with van der Waals surface area (Å²) in [6.45, 7) is 1.50. The van der Waals surface area contributed by atoms with E-state index in [4.69, 9.17) is 5.11 Å². The van der Waals surface area contributed by atoms with E-state index in [1.165, 1.54) is 19.1 Å². The molecule has 0 aliphatic carbocycles. The lowest BCUT2D eigenvalue weighted by Crippen LogP contribution is -2.30. The van der Waals surface area contributed by atoms with Crippen LogP contribution >= 0.6 is 0 Å². The zero-order valence-electron chi connectivity index (χ0n) is 8.63. The molecule has 0 atom stereocenters. The van der Waals surface area contributed by atoms with E-state index in [1.54, 1.807) is 5.32 Å². The van der Waals surface area contributed by atoms with Crippen LogP contribution in [-0.4, -0.2) is 23.2 Å². The maximum atomic E-state index is 11.9. The fourth-order valence-corrected chi connectivity index (χ4v) is 1.13. The molecule has 17 heavy (non-hydrogen) atoms. The summed E-state index contributed by atoms with van der Waals surface area (Å²) in [5, 5.41) is 10.3. The first kappa shape index (κ1) is 13.0. The average molecular weight is 247 g/mol. The summed E-state index contributed by atoms with van der Waals surface area (Å²) in [5.74, 6) is -3.41. The van der Waals surface area contributed by atoms with Crippen molar-refractivity contribution in [2.75, 3.05) is 5.32 Å². The smallest absolute Gasteiger partial charge is 0.471 e. The van der Waals surface area contributed by atoms with Crippen molar-refractivity contribution >= 4 is 17.6 Å². The highest BCUT2D eigenvalue weighted by Crippen LogP contribution is 2.20. The van der Waals surface area contributed by atoms with Crippen molar-refractivity contribution in [1.29, 1.82) is 0 Å². The van der Waals surface area contributed by atoms with E-state index in [0.29, 0.717) is 5.56 Å². The van der Waals surface area contributed by atoms with E-state index < -0.39 is 18.1 Å². The van der Waals surface area contributed by atoms with Crippen molar-refractivity contribution in [3.8, 4) is 0 Å². The van der Waals surface area contributed by atoms with Crippen molar-refractivity contribution < 1.29 is 27.9 Å². The van der Waals surface area contributed by atoms with Crippen LogP contribution in [-0.2, 0) is 4.79 Å². The Bertz CT molecular complexity index is 468. The van der Waals surface area contributed by atoms with Crippen LogP contribution in [0.2, 0.25) is 0 Å². The fraction of sp³-hybridized carbons (Fsp3) is 0.200. The minimum Gasteiger partial charge on any atom is -0.478 e. The van der Waals surface area contributed by atoms with E-state index in [1.807, 2.05) is 0 Å². The Morgan fingerprint density at radius 1 is 1.29 bits per heavy atom. The molecule has 92 valence electrons. The number of rotatable bonds is 2. The van der Waals surface area contributed by atoms with Crippen LogP contribution in [0.25, 0.3) is 0 Å². The van der Waals surface area contributed by atoms with Gasteiger partial charge in [0.25, 0.3) is 0 Å². The van der Waals surface area contributed by atoms with Gasteiger partial charge >= 0.3 is 18.1 Å². The van der Waals surface area contributed by atoms with Crippen LogP contribution in [0, 0.1) is 6.92 Å². The Kier molecular flexibility index (Phi) is 3.40. The van der Waals surface area contributed by atoms with Gasteiger partial charge in [-0.3, -0.25) is 4.79 Å². The first-order valence-corrected chi connectivity index (χ1v) is 4.44. The molecule has 0 bridgehead atoms. The molecule has 0 heterocycles. The molecule has 2 N–H and O–H groups in total. The number of carboxylic acids is 1. The number of carbonyl (C=O) groups excluding carboxylic acids is 1. The molecule has 0 fully saturated rings. The number of amides is 1. The predicted molar refractivity (Wildman–Crippen MR) is 52.8 cm³/mol. The zero-order valence-corrected chi connectivity index (χ0v) is 8.63. The van der Waals surface area contributed by atoms with Crippen molar-refractivity contribution in [1.82, 2.24) is 0 Å². The second kappa shape index (κ2) is 4.44. The summed E-state index contributed by atoms with van der Waals surface area (Å²) in [4.78, 5) is 21.3. The number of carbonyl (C=O) groups is 2. The lowest BCUT2D eigenvalue weighted by Gasteiger charge is -2.09. The van der Waals surface area contributed by atoms with Crippen LogP contribution < -0.4 is 5.32 Å². The van der Waals surface area contributed by atoms with Gasteiger partial charge in [-0.1, -0.05) is 6.07 Å². The maximum Gasteiger partial charge on any atom is 0.471 e. The molecule has 0 saturated heterocycles. The molecule has 0 spiro atoms. The van der Waals surface area contributed by atoms with Gasteiger partial charge in [-0.05, 0) is 24.6 Å². The Labute approximate surface area is 94.1 Å². The largest absolute Gasteiger partial charge is 0.478 e. The quantitative estimate of drug-likeness (QED) is 0.841. The number of hydrogen-bond acceptors (Lipinski definition) is 2. The van der Waals surface area contributed by atoms with E-state index >= 15 is 0 Å². The summed E-state index contributed by atoms with van der Waals surface area (Å²) in [5.41, 5.74) is 0.0165. The SMILES string of the molecule is Cc1ccc(NC(=O)C(F)(F)F)cc1C(=O)O. The Hall–Kier alpha value is -2.05. The van der Waals surface area contributed by atoms with Gasteiger partial charge in [0.05, 0.1) is 5.56 Å². The molecule has 0 aliphatic heterocycles. The Morgan fingerprint density at radius 2 is 1.88 bits per heavy atom. The summed E-state index contributed by atoms with van der Waals surface area (Å²) >= 11 is 0. The molecule has 0 saturated carbocycles. The summed E-state index contributed by atoms with van der Waals surface area (Å²) in [6.07, 6.45) is -5.01. The van der Waals surface area contributed by atoms with Gasteiger partial charge in [-0.2, -0.15) is 13.2 Å². The number of nitrogens with one attached hydrogen (secondary N) is 1. The second-order valence-corrected chi connectivity index (χ2v) is 3.29. The molecule has 0 unspecified atom stereocenters. The van der Waals surface area contributed by atoms with Crippen LogP contribution in [0.1, 0.15) is 15.9 Å². The van der Waals surface area contributed by atoms with Gasteiger partial charge in [0.2, 0.25) is 0 Å². The number of anilines is 1. The molecule has 0 aromatic heterocycles. The summed E-state index contributed by atoms with van der Waals surface area (Å²) < 4.78 is 35.8. The number of aryl methyl sites for hydroxylation is 1. The van der Waals surface area contributed by atoms with Crippen LogP contribution in [0.3, 0.4) is 0 Å². The summed E-state index contributed by atoms with van der Waals surface area (Å²) in [7, 11) is 0. The van der Waals surface area contributed by atoms with E-state index in [9.17, 15) is 22.8 Å². The van der Waals surface area contributed by atoms with Crippen molar-refractivity contribution in [3.05, 3.63) is 29.3 Å². The molecule has 1 aromatic rings. The molecule has 7 heteroatoms. The van der Waals surface area contributed by atoms with E-state index in [2.05, 4.69) is 0 Å². The fourth-order valence-electron chi connectivity index (χ4n) is 1.13. The minimum atomic E-state index is -5.01. The lowest BCUT2D eigenvalue weighted by atomic mass is 10.1. The molecule has 0 aliphatic rings. The van der Waals surface area contributed by atoms with Gasteiger partial charge in [0, 0.05) is 5.69 Å². The number of halogens is 3. The lowest BCUT2D eigenvalue weighted by molar-refractivity contribution is -0.167. The molecule has 1 aromatic carbocycles. The molecular formula is C10H8F3NO3. The normalized spacial score (nSPS) is 11.1. The molecule has 4 nitrogen and oxygen atoms in total. The topological polar surface area (TPSA) is 66.4 Å². The van der Waals surface area contributed by atoms with Gasteiger partial charge in [0.1, 0.15) is 0 Å². The van der Waals surface area contributed by atoms with Crippen LogP contribution in [0.5, 0.6) is 0 Å². The molecular weight excluding hydrogens is 239 g/mol. The number of carboxylic acid groups (broad SMARTS) is 1. The van der Waals surface area contributed by atoms with E-state index in [0.717, 1.165) is 6.07 Å². The van der Waals surface area contributed by atoms with Crippen molar-refractivity contribution in [3.63, 3.8) is 0 Å². The average Bonchev–Trinajstić information content (AvgIpc) is 2.19. The van der Waals surface area contributed by atoms with Gasteiger partial charge in [-0.25, -0.2) is 4.79 Å². The first-order valence-electron chi connectivity index (χ1n) is 4.44. The number of benzene rings is 1. The van der Waals surface area contributed by atoms with Crippen molar-refractivity contribution in [2.24, 2.45) is 0 Å². The predicted octanol–water partition coefficient (Wildman–Crippen LogP) is 2.19. The monoisotopic (exact) mass is 247 g/mol. The third-order valence-corrected chi connectivity index (χ3v) is 1.98. The molecule has 1 amide bonds. The maximum absolute atomic E-state index is 11.9. The second-order valence-electron chi connectivity index (χ2n) is 3.29. The Balaban J connectivity index is 2.98. The number of aromatic carboxylic acids is 1. The molecule has 0 radical (unpaired) electrons. The standard InChI is InChI=1S/C10H8F3NO3/c1-5-2-3-6(4-7(5)8(15)16)14-9(17)10(11,12)13/h2-4H,1H3,(H,14,17)(H,15,16).